The van der Waals surface area contributed by atoms with Crippen LogP contribution in [0.4, 0.5) is 11.4 Å². The second kappa shape index (κ2) is 7.28. The van der Waals surface area contributed by atoms with E-state index in [-0.39, 0.29) is 11.5 Å². The minimum Gasteiger partial charge on any atom is -0.283 e. The first kappa shape index (κ1) is 18.7. The van der Waals surface area contributed by atoms with Crippen LogP contribution >= 0.6 is 0 Å². The van der Waals surface area contributed by atoms with Gasteiger partial charge < -0.3 is 0 Å². The molecule has 6 nitrogen and oxygen atoms in total. The van der Waals surface area contributed by atoms with E-state index in [1.165, 1.54) is 4.31 Å². The van der Waals surface area contributed by atoms with Crippen molar-refractivity contribution in [1.82, 2.24) is 0 Å². The molecule has 1 N–H and O–H groups in total. The molecule has 0 saturated carbocycles. The van der Waals surface area contributed by atoms with Crippen LogP contribution < -0.4 is 9.03 Å². The van der Waals surface area contributed by atoms with Gasteiger partial charge in [-0.05, 0) is 43.0 Å². The standard InChI is InChI=1S/C18H22N2O4S2/c1-2-26(23,24)20-12-6-9-16-10-11-17(13-18(16)20)19-25(21,22)14-15-7-4-3-5-8-15/h3-5,7-8,10-11,13,19H,2,6,9,12,14H2,1H3. The number of hydrogen-bond acceptors (Lipinski definition) is 4. The van der Waals surface area contributed by atoms with Gasteiger partial charge in [0, 0.05) is 6.54 Å². The molecule has 0 radical (unpaired) electrons. The Morgan fingerprint density at radius 1 is 1.04 bits per heavy atom. The molecular formula is C18H22N2O4S2. The molecule has 0 spiro atoms. The molecule has 1 heterocycles. The number of benzene rings is 2. The summed E-state index contributed by atoms with van der Waals surface area (Å²) in [4.78, 5) is 0. The van der Waals surface area contributed by atoms with Crippen molar-refractivity contribution < 1.29 is 16.8 Å². The Bertz CT molecular complexity index is 987. The average Bonchev–Trinajstić information content (AvgIpc) is 2.61. The highest BCUT2D eigenvalue weighted by Crippen LogP contribution is 2.32. The summed E-state index contributed by atoms with van der Waals surface area (Å²) in [6.45, 7) is 2.03. The molecule has 0 atom stereocenters. The lowest BCUT2D eigenvalue weighted by molar-refractivity contribution is 0.587. The molecule has 0 saturated heterocycles. The number of aryl methyl sites for hydroxylation is 1. The number of nitrogens with one attached hydrogen (secondary N) is 1. The average molecular weight is 395 g/mol. The van der Waals surface area contributed by atoms with Crippen LogP contribution in [0.5, 0.6) is 0 Å². The van der Waals surface area contributed by atoms with Crippen LogP contribution in [0.25, 0.3) is 0 Å². The summed E-state index contributed by atoms with van der Waals surface area (Å²) in [7, 11) is -6.98. The molecule has 0 bridgehead atoms. The summed E-state index contributed by atoms with van der Waals surface area (Å²) < 4.78 is 53.5. The van der Waals surface area contributed by atoms with Crippen LogP contribution in [0, 0.1) is 0 Å². The highest BCUT2D eigenvalue weighted by Gasteiger charge is 2.26. The molecule has 0 amide bonds. The van der Waals surface area contributed by atoms with E-state index < -0.39 is 20.0 Å². The molecule has 1 aliphatic heterocycles. The van der Waals surface area contributed by atoms with Crippen LogP contribution in [0.1, 0.15) is 24.5 Å². The SMILES string of the molecule is CCS(=O)(=O)N1CCCc2ccc(NS(=O)(=O)Cc3ccccc3)cc21. The lowest BCUT2D eigenvalue weighted by Crippen LogP contribution is -2.36. The normalized spacial score (nSPS) is 14.7. The fourth-order valence-electron chi connectivity index (χ4n) is 3.06. The van der Waals surface area contributed by atoms with Crippen LogP contribution in [0.3, 0.4) is 0 Å². The zero-order valence-corrected chi connectivity index (χ0v) is 16.2. The third-order valence-corrected chi connectivity index (χ3v) is 7.38. The van der Waals surface area contributed by atoms with Gasteiger partial charge >= 0.3 is 0 Å². The molecule has 2 aromatic carbocycles. The van der Waals surface area contributed by atoms with Gasteiger partial charge in [0.25, 0.3) is 0 Å². The minimum atomic E-state index is -3.59. The van der Waals surface area contributed by atoms with Gasteiger partial charge in [-0.3, -0.25) is 9.03 Å². The molecule has 8 heteroatoms. The molecule has 0 aliphatic carbocycles. The van der Waals surface area contributed by atoms with Crippen molar-refractivity contribution in [3.8, 4) is 0 Å². The first-order valence-electron chi connectivity index (χ1n) is 8.48. The van der Waals surface area contributed by atoms with E-state index in [1.807, 2.05) is 6.07 Å². The molecule has 0 unspecified atom stereocenters. The molecule has 26 heavy (non-hydrogen) atoms. The maximum absolute atomic E-state index is 12.4. The second-order valence-electron chi connectivity index (χ2n) is 6.27. The maximum atomic E-state index is 12.4. The Morgan fingerprint density at radius 2 is 1.77 bits per heavy atom. The van der Waals surface area contributed by atoms with Crippen molar-refractivity contribution in [2.75, 3.05) is 21.3 Å². The van der Waals surface area contributed by atoms with E-state index in [4.69, 9.17) is 0 Å². The highest BCUT2D eigenvalue weighted by molar-refractivity contribution is 7.92. The fourth-order valence-corrected chi connectivity index (χ4v) is 5.44. The summed E-state index contributed by atoms with van der Waals surface area (Å²) >= 11 is 0. The quantitative estimate of drug-likeness (QED) is 0.817. The summed E-state index contributed by atoms with van der Waals surface area (Å²) in [5, 5.41) is 0. The Hall–Kier alpha value is -2.06. The smallest absolute Gasteiger partial charge is 0.236 e. The Morgan fingerprint density at radius 3 is 2.46 bits per heavy atom. The zero-order valence-electron chi connectivity index (χ0n) is 14.6. The second-order valence-corrected chi connectivity index (χ2v) is 10.2. The number of fused-ring (bicyclic) bond motifs is 1. The molecule has 3 rings (SSSR count). The van der Waals surface area contributed by atoms with Gasteiger partial charge in [0.1, 0.15) is 0 Å². The molecule has 0 fully saturated rings. The summed E-state index contributed by atoms with van der Waals surface area (Å²) in [6.07, 6.45) is 1.54. The molecule has 2 aromatic rings. The van der Waals surface area contributed by atoms with Gasteiger partial charge in [0.2, 0.25) is 20.0 Å². The largest absolute Gasteiger partial charge is 0.283 e. The van der Waals surface area contributed by atoms with Gasteiger partial charge in [-0.1, -0.05) is 36.4 Å². The molecule has 140 valence electrons. The minimum absolute atomic E-state index is 0.0103. The third kappa shape index (κ3) is 4.19. The number of nitrogens with zero attached hydrogens (tertiary/aromatic N) is 1. The summed E-state index contributed by atoms with van der Waals surface area (Å²) in [6, 6.07) is 14.0. The molecule has 1 aliphatic rings. The van der Waals surface area contributed by atoms with Crippen LogP contribution in [0.15, 0.2) is 48.5 Å². The van der Waals surface area contributed by atoms with Crippen LogP contribution in [0.2, 0.25) is 0 Å². The van der Waals surface area contributed by atoms with Crippen molar-refractivity contribution in [1.29, 1.82) is 0 Å². The predicted octanol–water partition coefficient (Wildman–Crippen LogP) is 2.73. The monoisotopic (exact) mass is 394 g/mol. The molecular weight excluding hydrogens is 372 g/mol. The number of sulfonamides is 2. The summed E-state index contributed by atoms with van der Waals surface area (Å²) in [5.74, 6) is -0.127. The Kier molecular flexibility index (Phi) is 5.24. The summed E-state index contributed by atoms with van der Waals surface area (Å²) in [5.41, 5.74) is 2.54. The van der Waals surface area contributed by atoms with Gasteiger partial charge in [0.15, 0.2) is 0 Å². The van der Waals surface area contributed by atoms with E-state index in [2.05, 4.69) is 4.72 Å². The zero-order chi connectivity index (χ0) is 18.8. The predicted molar refractivity (Wildman–Crippen MR) is 104 cm³/mol. The van der Waals surface area contributed by atoms with E-state index in [0.717, 1.165) is 18.4 Å². The van der Waals surface area contributed by atoms with Gasteiger partial charge in [0.05, 0.1) is 22.9 Å². The highest BCUT2D eigenvalue weighted by atomic mass is 32.2. The van der Waals surface area contributed by atoms with Crippen LogP contribution in [-0.4, -0.2) is 29.1 Å². The van der Waals surface area contributed by atoms with Crippen molar-refractivity contribution in [2.45, 2.75) is 25.5 Å². The van der Waals surface area contributed by atoms with Crippen molar-refractivity contribution in [3.05, 3.63) is 59.7 Å². The van der Waals surface area contributed by atoms with E-state index in [1.54, 1.807) is 49.4 Å². The van der Waals surface area contributed by atoms with Gasteiger partial charge in [-0.25, -0.2) is 16.8 Å². The van der Waals surface area contributed by atoms with Gasteiger partial charge in [-0.2, -0.15) is 0 Å². The van der Waals surface area contributed by atoms with Crippen molar-refractivity contribution in [3.63, 3.8) is 0 Å². The topological polar surface area (TPSA) is 83.6 Å². The van der Waals surface area contributed by atoms with Gasteiger partial charge in [-0.15, -0.1) is 0 Å². The Labute approximate surface area is 155 Å². The lowest BCUT2D eigenvalue weighted by atomic mass is 10.0. The van der Waals surface area contributed by atoms with E-state index in [0.29, 0.717) is 23.5 Å². The lowest BCUT2D eigenvalue weighted by Gasteiger charge is -2.30. The number of hydrogen-bond donors (Lipinski definition) is 1. The Balaban J connectivity index is 1.87. The first-order chi connectivity index (χ1) is 12.3. The van der Waals surface area contributed by atoms with Crippen molar-refractivity contribution >= 4 is 31.4 Å². The van der Waals surface area contributed by atoms with E-state index >= 15 is 0 Å². The fraction of sp³-hybridized carbons (Fsp3) is 0.333. The van der Waals surface area contributed by atoms with E-state index in [9.17, 15) is 16.8 Å². The number of anilines is 2. The maximum Gasteiger partial charge on any atom is 0.236 e. The number of rotatable bonds is 6. The van der Waals surface area contributed by atoms with Crippen LogP contribution in [-0.2, 0) is 32.2 Å². The first-order valence-corrected chi connectivity index (χ1v) is 11.7. The molecule has 0 aromatic heterocycles. The van der Waals surface area contributed by atoms with Crippen molar-refractivity contribution in [2.24, 2.45) is 0 Å². The third-order valence-electron chi connectivity index (χ3n) is 4.33.